The molecule has 0 bridgehead atoms. The molecule has 1 aliphatic heterocycles. The van der Waals surface area contributed by atoms with Crippen LogP contribution in [0.3, 0.4) is 0 Å². The maximum atomic E-state index is 11.9. The number of nitrogens with one attached hydrogen (secondary N) is 1. The summed E-state index contributed by atoms with van der Waals surface area (Å²) in [5, 5.41) is 3.18. The Balaban J connectivity index is 0.00000180. The Hall–Kier alpha value is -0.320. The van der Waals surface area contributed by atoms with Gasteiger partial charge in [0.2, 0.25) is 5.91 Å². The van der Waals surface area contributed by atoms with Gasteiger partial charge in [0.05, 0.1) is 0 Å². The minimum absolute atomic E-state index is 0. The van der Waals surface area contributed by atoms with E-state index in [4.69, 9.17) is 10.5 Å². The number of hydrogen-bond donors (Lipinski definition) is 2. The highest BCUT2D eigenvalue weighted by atomic mass is 35.5. The molecular formula is C14H27ClN2O2. The third-order valence-electron chi connectivity index (χ3n) is 4.36. The first-order valence-corrected chi connectivity index (χ1v) is 7.36. The quantitative estimate of drug-likeness (QED) is 0.812. The van der Waals surface area contributed by atoms with E-state index in [2.05, 4.69) is 5.32 Å². The van der Waals surface area contributed by atoms with Gasteiger partial charge >= 0.3 is 0 Å². The zero-order valence-corrected chi connectivity index (χ0v) is 12.4. The molecule has 1 saturated carbocycles. The molecule has 3 N–H and O–H groups in total. The third-order valence-corrected chi connectivity index (χ3v) is 4.36. The van der Waals surface area contributed by atoms with Crippen LogP contribution in [0.2, 0.25) is 0 Å². The van der Waals surface area contributed by atoms with E-state index in [-0.39, 0.29) is 18.3 Å². The highest BCUT2D eigenvalue weighted by molar-refractivity contribution is 5.85. The number of halogens is 1. The smallest absolute Gasteiger partial charge is 0.220 e. The fourth-order valence-electron chi connectivity index (χ4n) is 3.10. The van der Waals surface area contributed by atoms with Crippen LogP contribution in [0.5, 0.6) is 0 Å². The first-order chi connectivity index (χ1) is 8.79. The Labute approximate surface area is 122 Å². The van der Waals surface area contributed by atoms with Gasteiger partial charge in [-0.2, -0.15) is 0 Å². The molecule has 0 spiro atoms. The van der Waals surface area contributed by atoms with Gasteiger partial charge in [-0.05, 0) is 44.1 Å². The van der Waals surface area contributed by atoms with Gasteiger partial charge < -0.3 is 15.8 Å². The summed E-state index contributed by atoms with van der Waals surface area (Å²) < 4.78 is 5.33. The van der Waals surface area contributed by atoms with Gasteiger partial charge in [0.15, 0.2) is 0 Å². The maximum absolute atomic E-state index is 11.9. The van der Waals surface area contributed by atoms with Gasteiger partial charge in [-0.25, -0.2) is 0 Å². The van der Waals surface area contributed by atoms with Gasteiger partial charge in [0.25, 0.3) is 0 Å². The second kappa shape index (κ2) is 8.77. The van der Waals surface area contributed by atoms with Crippen molar-refractivity contribution in [1.82, 2.24) is 5.32 Å². The molecule has 1 heterocycles. The lowest BCUT2D eigenvalue weighted by atomic mass is 9.84. The van der Waals surface area contributed by atoms with Crippen molar-refractivity contribution in [3.05, 3.63) is 0 Å². The lowest BCUT2D eigenvalue weighted by Crippen LogP contribution is -2.44. The zero-order valence-electron chi connectivity index (χ0n) is 11.6. The van der Waals surface area contributed by atoms with Crippen LogP contribution in [-0.2, 0) is 9.53 Å². The molecular weight excluding hydrogens is 264 g/mol. The summed E-state index contributed by atoms with van der Waals surface area (Å²) >= 11 is 0. The molecule has 19 heavy (non-hydrogen) atoms. The zero-order chi connectivity index (χ0) is 12.8. The number of nitrogens with two attached hydrogens (primary N) is 1. The first-order valence-electron chi connectivity index (χ1n) is 7.36. The molecule has 2 fully saturated rings. The number of carbonyl (C=O) groups is 1. The topological polar surface area (TPSA) is 64.3 Å². The van der Waals surface area contributed by atoms with Crippen molar-refractivity contribution in [3.8, 4) is 0 Å². The summed E-state index contributed by atoms with van der Waals surface area (Å²) in [7, 11) is 0. The predicted octanol–water partition coefficient (Wildman–Crippen LogP) is 1.86. The summed E-state index contributed by atoms with van der Waals surface area (Å²) in [6.07, 6.45) is 7.46. The molecule has 3 atom stereocenters. The van der Waals surface area contributed by atoms with Gasteiger partial charge in [-0.1, -0.05) is 12.8 Å². The Morgan fingerprint density at radius 1 is 1.26 bits per heavy atom. The van der Waals surface area contributed by atoms with Crippen LogP contribution in [0.1, 0.15) is 44.9 Å². The Morgan fingerprint density at radius 2 is 2.05 bits per heavy atom. The molecule has 0 aromatic rings. The molecule has 0 aromatic carbocycles. The Morgan fingerprint density at radius 3 is 2.74 bits per heavy atom. The van der Waals surface area contributed by atoms with Crippen LogP contribution >= 0.6 is 12.4 Å². The van der Waals surface area contributed by atoms with E-state index in [1.807, 2.05) is 0 Å². The summed E-state index contributed by atoms with van der Waals surface area (Å²) in [6.45, 7) is 2.40. The van der Waals surface area contributed by atoms with E-state index in [0.29, 0.717) is 30.8 Å². The summed E-state index contributed by atoms with van der Waals surface area (Å²) in [6, 6.07) is 0.316. The maximum Gasteiger partial charge on any atom is 0.220 e. The van der Waals surface area contributed by atoms with Gasteiger partial charge in [0, 0.05) is 25.7 Å². The number of ether oxygens (including phenoxy) is 1. The average Bonchev–Trinajstić information content (AvgIpc) is 2.90. The number of hydrogen-bond acceptors (Lipinski definition) is 3. The van der Waals surface area contributed by atoms with Crippen molar-refractivity contribution in [2.75, 3.05) is 19.8 Å². The third kappa shape index (κ3) is 5.28. The summed E-state index contributed by atoms with van der Waals surface area (Å²) in [4.78, 5) is 11.9. The average molecular weight is 291 g/mol. The molecule has 2 aliphatic rings. The largest absolute Gasteiger partial charge is 0.381 e. The van der Waals surface area contributed by atoms with Crippen molar-refractivity contribution in [1.29, 1.82) is 0 Å². The molecule has 3 unspecified atom stereocenters. The van der Waals surface area contributed by atoms with Gasteiger partial charge in [-0.3, -0.25) is 4.79 Å². The van der Waals surface area contributed by atoms with Crippen molar-refractivity contribution >= 4 is 18.3 Å². The van der Waals surface area contributed by atoms with Gasteiger partial charge in [-0.15, -0.1) is 12.4 Å². The van der Waals surface area contributed by atoms with Crippen LogP contribution in [0.25, 0.3) is 0 Å². The summed E-state index contributed by atoms with van der Waals surface area (Å²) in [5.74, 6) is 1.28. The van der Waals surface area contributed by atoms with E-state index in [1.54, 1.807) is 0 Å². The van der Waals surface area contributed by atoms with Crippen LogP contribution in [0, 0.1) is 11.8 Å². The lowest BCUT2D eigenvalue weighted by Gasteiger charge is -2.31. The molecule has 112 valence electrons. The fraction of sp³-hybridized carbons (Fsp3) is 0.929. The standard InChI is InChI=1S/C14H26N2O2.ClH/c15-9-12-3-1-2-4-13(12)16-14(17)6-5-11-7-8-18-10-11;/h11-13H,1-10,15H2,(H,16,17);1H. The van der Waals surface area contributed by atoms with Crippen LogP contribution in [-0.4, -0.2) is 31.7 Å². The highest BCUT2D eigenvalue weighted by Crippen LogP contribution is 2.24. The lowest BCUT2D eigenvalue weighted by molar-refractivity contribution is -0.122. The minimum Gasteiger partial charge on any atom is -0.381 e. The predicted molar refractivity (Wildman–Crippen MR) is 78.4 cm³/mol. The van der Waals surface area contributed by atoms with Crippen molar-refractivity contribution in [3.63, 3.8) is 0 Å². The molecule has 0 aromatic heterocycles. The second-order valence-electron chi connectivity index (χ2n) is 5.72. The Kier molecular flexibility index (Phi) is 7.73. The monoisotopic (exact) mass is 290 g/mol. The molecule has 0 radical (unpaired) electrons. The Bertz CT molecular complexity index is 270. The van der Waals surface area contributed by atoms with Crippen LogP contribution in [0.15, 0.2) is 0 Å². The molecule has 1 aliphatic carbocycles. The highest BCUT2D eigenvalue weighted by Gasteiger charge is 2.25. The van der Waals surface area contributed by atoms with E-state index >= 15 is 0 Å². The van der Waals surface area contributed by atoms with Crippen LogP contribution in [0.4, 0.5) is 0 Å². The molecule has 4 nitrogen and oxygen atoms in total. The molecule has 2 rings (SSSR count). The molecule has 5 heteroatoms. The first kappa shape index (κ1) is 16.7. The van der Waals surface area contributed by atoms with E-state index < -0.39 is 0 Å². The number of rotatable bonds is 5. The fourth-order valence-corrected chi connectivity index (χ4v) is 3.10. The second-order valence-corrected chi connectivity index (χ2v) is 5.72. The van der Waals surface area contributed by atoms with Crippen molar-refractivity contribution in [2.24, 2.45) is 17.6 Å². The van der Waals surface area contributed by atoms with Gasteiger partial charge in [0.1, 0.15) is 0 Å². The summed E-state index contributed by atoms with van der Waals surface area (Å²) in [5.41, 5.74) is 5.78. The number of amides is 1. The molecule has 1 saturated heterocycles. The molecule has 1 amide bonds. The number of carbonyl (C=O) groups excluding carboxylic acids is 1. The van der Waals surface area contributed by atoms with E-state index in [0.717, 1.165) is 38.9 Å². The van der Waals surface area contributed by atoms with E-state index in [1.165, 1.54) is 12.8 Å². The normalized spacial score (nSPS) is 30.7. The van der Waals surface area contributed by atoms with Crippen molar-refractivity contribution < 1.29 is 9.53 Å². The van der Waals surface area contributed by atoms with Crippen LogP contribution < -0.4 is 11.1 Å². The van der Waals surface area contributed by atoms with E-state index in [9.17, 15) is 4.79 Å². The van der Waals surface area contributed by atoms with Crippen molar-refractivity contribution in [2.45, 2.75) is 51.0 Å². The minimum atomic E-state index is 0. The SMILES string of the molecule is Cl.NCC1CCCCC1NC(=O)CCC1CCOC1.